The van der Waals surface area contributed by atoms with Crippen molar-refractivity contribution in [1.29, 1.82) is 0 Å². The van der Waals surface area contributed by atoms with Crippen LogP contribution in [0.2, 0.25) is 10.0 Å². The van der Waals surface area contributed by atoms with Gasteiger partial charge in [-0.1, -0.05) is 37.0 Å². The molecule has 0 amide bonds. The second kappa shape index (κ2) is 6.91. The molecule has 0 spiro atoms. The van der Waals surface area contributed by atoms with Gasteiger partial charge in [-0.25, -0.2) is 9.97 Å². The van der Waals surface area contributed by atoms with E-state index in [1.165, 1.54) is 0 Å². The van der Waals surface area contributed by atoms with Crippen LogP contribution in [0.25, 0.3) is 11.4 Å². The van der Waals surface area contributed by atoms with Gasteiger partial charge in [-0.05, 0) is 31.0 Å². The maximum absolute atomic E-state index is 6.22. The Labute approximate surface area is 129 Å². The van der Waals surface area contributed by atoms with Crippen LogP contribution in [0.3, 0.4) is 0 Å². The van der Waals surface area contributed by atoms with Gasteiger partial charge in [0, 0.05) is 28.9 Å². The first-order valence-corrected chi connectivity index (χ1v) is 7.47. The van der Waals surface area contributed by atoms with Crippen LogP contribution in [0, 0.1) is 0 Å². The van der Waals surface area contributed by atoms with Gasteiger partial charge in [0.1, 0.15) is 5.82 Å². The van der Waals surface area contributed by atoms with E-state index in [0.717, 1.165) is 36.5 Å². The summed E-state index contributed by atoms with van der Waals surface area (Å²) < 4.78 is 0. The number of benzene rings is 1. The fourth-order valence-corrected chi connectivity index (χ4v) is 2.19. The molecule has 2 rings (SSSR count). The monoisotopic (exact) mass is 309 g/mol. The van der Waals surface area contributed by atoms with Gasteiger partial charge in [-0.2, -0.15) is 0 Å². The molecule has 0 aliphatic heterocycles. The van der Waals surface area contributed by atoms with Crippen molar-refractivity contribution in [3.05, 3.63) is 40.0 Å². The Bertz CT molecular complexity index is 600. The molecule has 0 unspecified atom stereocenters. The van der Waals surface area contributed by atoms with E-state index in [9.17, 15) is 0 Å². The zero-order valence-electron chi connectivity index (χ0n) is 11.6. The van der Waals surface area contributed by atoms with Gasteiger partial charge >= 0.3 is 0 Å². The average Bonchev–Trinajstić information content (AvgIpc) is 2.47. The standard InChI is InChI=1S/C15H17Cl2N3/c1-3-7-18-14-9-11(4-2)19-15(20-14)12-8-10(16)5-6-13(12)17/h5-6,8-9H,3-4,7H2,1-2H3,(H,18,19,20). The van der Waals surface area contributed by atoms with Crippen LogP contribution in [0.15, 0.2) is 24.3 Å². The van der Waals surface area contributed by atoms with Crippen molar-refractivity contribution in [2.75, 3.05) is 11.9 Å². The number of rotatable bonds is 5. The van der Waals surface area contributed by atoms with Gasteiger partial charge < -0.3 is 5.32 Å². The summed E-state index contributed by atoms with van der Waals surface area (Å²) in [4.78, 5) is 9.06. The number of anilines is 1. The quantitative estimate of drug-likeness (QED) is 0.859. The molecule has 1 N–H and O–H groups in total. The minimum Gasteiger partial charge on any atom is -0.370 e. The fraction of sp³-hybridized carbons (Fsp3) is 0.333. The average molecular weight is 310 g/mol. The molecule has 0 aliphatic rings. The highest BCUT2D eigenvalue weighted by Crippen LogP contribution is 2.29. The lowest BCUT2D eigenvalue weighted by atomic mass is 10.2. The third kappa shape index (κ3) is 3.62. The smallest absolute Gasteiger partial charge is 0.163 e. The summed E-state index contributed by atoms with van der Waals surface area (Å²) in [7, 11) is 0. The summed E-state index contributed by atoms with van der Waals surface area (Å²) in [6, 6.07) is 7.29. The highest BCUT2D eigenvalue weighted by molar-refractivity contribution is 6.35. The van der Waals surface area contributed by atoms with Crippen LogP contribution in [0.4, 0.5) is 5.82 Å². The Hall–Kier alpha value is -1.32. The number of hydrogen-bond acceptors (Lipinski definition) is 3. The summed E-state index contributed by atoms with van der Waals surface area (Å²) in [6.45, 7) is 5.06. The highest BCUT2D eigenvalue weighted by atomic mass is 35.5. The summed E-state index contributed by atoms with van der Waals surface area (Å²) in [5.41, 5.74) is 1.73. The molecule has 3 nitrogen and oxygen atoms in total. The van der Waals surface area contributed by atoms with Crippen LogP contribution in [0.5, 0.6) is 0 Å². The first kappa shape index (κ1) is 15.1. The Morgan fingerprint density at radius 3 is 2.60 bits per heavy atom. The summed E-state index contributed by atoms with van der Waals surface area (Å²) >= 11 is 12.3. The Morgan fingerprint density at radius 2 is 1.90 bits per heavy atom. The van der Waals surface area contributed by atoms with E-state index in [2.05, 4.69) is 29.1 Å². The molecule has 0 saturated carbocycles. The first-order valence-electron chi connectivity index (χ1n) is 6.71. The number of nitrogens with one attached hydrogen (secondary N) is 1. The van der Waals surface area contributed by atoms with Crippen molar-refractivity contribution in [1.82, 2.24) is 9.97 Å². The van der Waals surface area contributed by atoms with Crippen LogP contribution in [0.1, 0.15) is 26.0 Å². The van der Waals surface area contributed by atoms with Crippen molar-refractivity contribution in [2.24, 2.45) is 0 Å². The molecule has 1 aromatic carbocycles. The summed E-state index contributed by atoms with van der Waals surface area (Å²) in [6.07, 6.45) is 1.88. The zero-order valence-corrected chi connectivity index (χ0v) is 13.1. The molecule has 0 saturated heterocycles. The van der Waals surface area contributed by atoms with Gasteiger partial charge in [0.05, 0.1) is 5.02 Å². The molecular formula is C15H17Cl2N3. The van der Waals surface area contributed by atoms with Crippen molar-refractivity contribution < 1.29 is 0 Å². The Kier molecular flexibility index (Phi) is 5.21. The van der Waals surface area contributed by atoms with Gasteiger partial charge in [0.25, 0.3) is 0 Å². The molecule has 0 radical (unpaired) electrons. The second-order valence-corrected chi connectivity index (χ2v) is 5.32. The normalized spacial score (nSPS) is 10.6. The Balaban J connectivity index is 2.46. The topological polar surface area (TPSA) is 37.8 Å². The van der Waals surface area contributed by atoms with E-state index in [1.54, 1.807) is 18.2 Å². The van der Waals surface area contributed by atoms with E-state index in [1.807, 2.05) is 6.07 Å². The molecule has 106 valence electrons. The third-order valence-corrected chi connectivity index (χ3v) is 3.43. The highest BCUT2D eigenvalue weighted by Gasteiger charge is 2.10. The van der Waals surface area contributed by atoms with Crippen molar-refractivity contribution in [2.45, 2.75) is 26.7 Å². The fourth-order valence-electron chi connectivity index (χ4n) is 1.81. The SMILES string of the molecule is CCCNc1cc(CC)nc(-c2cc(Cl)ccc2Cl)n1. The van der Waals surface area contributed by atoms with Gasteiger partial charge in [0.15, 0.2) is 5.82 Å². The minimum absolute atomic E-state index is 0.601. The van der Waals surface area contributed by atoms with E-state index < -0.39 is 0 Å². The van der Waals surface area contributed by atoms with Crippen LogP contribution >= 0.6 is 23.2 Å². The van der Waals surface area contributed by atoms with Gasteiger partial charge in [-0.3, -0.25) is 0 Å². The lowest BCUT2D eigenvalue weighted by molar-refractivity contribution is 0.951. The minimum atomic E-state index is 0.601. The van der Waals surface area contributed by atoms with Gasteiger partial charge in [-0.15, -0.1) is 0 Å². The van der Waals surface area contributed by atoms with Gasteiger partial charge in [0.2, 0.25) is 0 Å². The molecule has 5 heteroatoms. The molecule has 0 fully saturated rings. The Morgan fingerprint density at radius 1 is 1.10 bits per heavy atom. The predicted molar refractivity (Wildman–Crippen MR) is 85.6 cm³/mol. The van der Waals surface area contributed by atoms with Crippen LogP contribution < -0.4 is 5.32 Å². The second-order valence-electron chi connectivity index (χ2n) is 4.47. The third-order valence-electron chi connectivity index (χ3n) is 2.87. The summed E-state index contributed by atoms with van der Waals surface area (Å²) in [5.74, 6) is 1.43. The number of aryl methyl sites for hydroxylation is 1. The number of nitrogens with zero attached hydrogens (tertiary/aromatic N) is 2. The molecule has 1 aromatic heterocycles. The van der Waals surface area contributed by atoms with E-state index in [-0.39, 0.29) is 0 Å². The molecule has 0 aliphatic carbocycles. The zero-order chi connectivity index (χ0) is 14.5. The van der Waals surface area contributed by atoms with E-state index in [0.29, 0.717) is 15.9 Å². The number of aromatic nitrogens is 2. The lowest BCUT2D eigenvalue weighted by Gasteiger charge is -2.10. The van der Waals surface area contributed by atoms with Crippen molar-refractivity contribution in [3.8, 4) is 11.4 Å². The largest absolute Gasteiger partial charge is 0.370 e. The number of halogens is 2. The van der Waals surface area contributed by atoms with Crippen LogP contribution in [-0.4, -0.2) is 16.5 Å². The van der Waals surface area contributed by atoms with Crippen molar-refractivity contribution in [3.63, 3.8) is 0 Å². The molecule has 20 heavy (non-hydrogen) atoms. The maximum Gasteiger partial charge on any atom is 0.163 e. The molecule has 2 aromatic rings. The number of hydrogen-bond donors (Lipinski definition) is 1. The maximum atomic E-state index is 6.22. The predicted octanol–water partition coefficient (Wildman–Crippen LogP) is 4.83. The molecular weight excluding hydrogens is 293 g/mol. The molecule has 0 atom stereocenters. The van der Waals surface area contributed by atoms with E-state index in [4.69, 9.17) is 23.2 Å². The summed E-state index contributed by atoms with van der Waals surface area (Å²) in [5, 5.41) is 4.51. The van der Waals surface area contributed by atoms with Crippen molar-refractivity contribution >= 4 is 29.0 Å². The van der Waals surface area contributed by atoms with Crippen LogP contribution in [-0.2, 0) is 6.42 Å². The lowest BCUT2D eigenvalue weighted by Crippen LogP contribution is -2.05. The molecule has 1 heterocycles. The molecule has 0 bridgehead atoms. The first-order chi connectivity index (χ1) is 9.63. The van der Waals surface area contributed by atoms with E-state index >= 15 is 0 Å².